The number of hydrogen-bond donors (Lipinski definition) is 0. The molecule has 0 saturated heterocycles. The zero-order valence-corrected chi connectivity index (χ0v) is 11.0. The van der Waals surface area contributed by atoms with Crippen LogP contribution in [0, 0.1) is 5.41 Å². The van der Waals surface area contributed by atoms with Gasteiger partial charge in [-0.25, -0.2) is 0 Å². The minimum absolute atomic E-state index is 0.0134. The van der Waals surface area contributed by atoms with Crippen LogP contribution in [0.1, 0.15) is 31.7 Å². The second-order valence-electron chi connectivity index (χ2n) is 4.62. The van der Waals surface area contributed by atoms with Gasteiger partial charge in [0.15, 0.2) is 0 Å². The van der Waals surface area contributed by atoms with Crippen LogP contribution in [-0.2, 0) is 0 Å². The predicted octanol–water partition coefficient (Wildman–Crippen LogP) is 4.67. The molecule has 1 aromatic carbocycles. The summed E-state index contributed by atoms with van der Waals surface area (Å²) in [6.45, 7) is 6.30. The molecule has 0 radical (unpaired) electrons. The summed E-state index contributed by atoms with van der Waals surface area (Å²) in [5.41, 5.74) is 1.04. The van der Waals surface area contributed by atoms with Crippen LogP contribution in [0.5, 0.6) is 5.75 Å². The Bertz CT molecular complexity index is 342. The van der Waals surface area contributed by atoms with Crippen LogP contribution in [0.4, 0.5) is 0 Å². The zero-order valence-electron chi connectivity index (χ0n) is 9.47. The molecule has 15 heavy (non-hydrogen) atoms. The highest BCUT2D eigenvalue weighted by Gasteiger charge is 2.24. The van der Waals surface area contributed by atoms with E-state index in [1.165, 1.54) is 0 Å². The monoisotopic (exact) mass is 246 g/mol. The molecule has 0 fully saturated rings. The van der Waals surface area contributed by atoms with Gasteiger partial charge < -0.3 is 4.74 Å². The smallest absolute Gasteiger partial charge is 0.137 e. The fraction of sp³-hybridized carbons (Fsp3) is 0.500. The van der Waals surface area contributed by atoms with Gasteiger partial charge >= 0.3 is 0 Å². The Morgan fingerprint density at radius 3 is 2.27 bits per heavy atom. The molecule has 3 heteroatoms. The van der Waals surface area contributed by atoms with Gasteiger partial charge in [0.05, 0.1) is 17.5 Å². The molecule has 0 heterocycles. The summed E-state index contributed by atoms with van der Waals surface area (Å²) < 4.78 is 5.09. The van der Waals surface area contributed by atoms with Gasteiger partial charge in [-0.3, -0.25) is 0 Å². The van der Waals surface area contributed by atoms with Crippen LogP contribution < -0.4 is 4.74 Å². The summed E-state index contributed by atoms with van der Waals surface area (Å²) in [4.78, 5) is 0. The molecule has 1 unspecified atom stereocenters. The van der Waals surface area contributed by atoms with E-state index >= 15 is 0 Å². The highest BCUT2D eigenvalue weighted by Crippen LogP contribution is 2.40. The van der Waals surface area contributed by atoms with Crippen LogP contribution in [0.25, 0.3) is 0 Å². The molecular weight excluding hydrogens is 231 g/mol. The van der Waals surface area contributed by atoms with Crippen LogP contribution in [0.3, 0.4) is 0 Å². The van der Waals surface area contributed by atoms with E-state index in [4.69, 9.17) is 27.9 Å². The molecule has 0 amide bonds. The van der Waals surface area contributed by atoms with Crippen molar-refractivity contribution in [2.75, 3.05) is 7.11 Å². The van der Waals surface area contributed by atoms with Crippen LogP contribution in [0.2, 0.25) is 5.02 Å². The Balaban J connectivity index is 3.02. The van der Waals surface area contributed by atoms with Crippen LogP contribution in [0.15, 0.2) is 18.2 Å². The van der Waals surface area contributed by atoms with Gasteiger partial charge in [0.1, 0.15) is 5.75 Å². The van der Waals surface area contributed by atoms with E-state index in [1.807, 2.05) is 18.2 Å². The van der Waals surface area contributed by atoms with Crippen molar-refractivity contribution >= 4 is 23.2 Å². The SMILES string of the molecule is COc1ccc(C(Cl)C(C)(C)C)cc1Cl. The van der Waals surface area contributed by atoms with Crippen molar-refractivity contribution in [1.82, 2.24) is 0 Å². The van der Waals surface area contributed by atoms with E-state index in [0.717, 1.165) is 5.56 Å². The Labute approximate surface area is 101 Å². The molecule has 0 aliphatic heterocycles. The summed E-state index contributed by atoms with van der Waals surface area (Å²) in [5.74, 6) is 0.679. The van der Waals surface area contributed by atoms with Crippen molar-refractivity contribution < 1.29 is 4.74 Å². The molecule has 0 aromatic heterocycles. The van der Waals surface area contributed by atoms with Crippen molar-refractivity contribution in [2.45, 2.75) is 26.1 Å². The number of benzene rings is 1. The molecule has 1 rings (SSSR count). The molecule has 0 aliphatic rings. The fourth-order valence-electron chi connectivity index (χ4n) is 1.34. The number of hydrogen-bond acceptors (Lipinski definition) is 1. The number of halogens is 2. The first kappa shape index (κ1) is 12.7. The van der Waals surface area contributed by atoms with Gasteiger partial charge in [0.25, 0.3) is 0 Å². The summed E-state index contributed by atoms with van der Waals surface area (Å²) in [6, 6.07) is 5.66. The van der Waals surface area contributed by atoms with E-state index in [2.05, 4.69) is 20.8 Å². The largest absolute Gasteiger partial charge is 0.495 e. The normalized spacial score (nSPS) is 13.7. The average Bonchev–Trinajstić information content (AvgIpc) is 2.15. The molecular formula is C12H16Cl2O. The first-order valence-corrected chi connectivity index (χ1v) is 5.65. The summed E-state index contributed by atoms with van der Waals surface area (Å²) >= 11 is 12.4. The first-order valence-electron chi connectivity index (χ1n) is 4.83. The number of ether oxygens (including phenoxy) is 1. The molecule has 0 spiro atoms. The van der Waals surface area contributed by atoms with Crippen molar-refractivity contribution in [3.63, 3.8) is 0 Å². The van der Waals surface area contributed by atoms with Gasteiger partial charge in [-0.15, -0.1) is 11.6 Å². The second kappa shape index (κ2) is 4.63. The quantitative estimate of drug-likeness (QED) is 0.690. The minimum Gasteiger partial charge on any atom is -0.495 e. The second-order valence-corrected chi connectivity index (χ2v) is 5.47. The van der Waals surface area contributed by atoms with E-state index in [9.17, 15) is 0 Å². The number of rotatable bonds is 2. The van der Waals surface area contributed by atoms with Gasteiger partial charge in [-0.1, -0.05) is 38.4 Å². The minimum atomic E-state index is -0.0547. The van der Waals surface area contributed by atoms with Gasteiger partial charge in [-0.05, 0) is 23.1 Å². The van der Waals surface area contributed by atoms with Crippen molar-refractivity contribution in [3.8, 4) is 5.75 Å². The van der Waals surface area contributed by atoms with Crippen molar-refractivity contribution in [1.29, 1.82) is 0 Å². The lowest BCUT2D eigenvalue weighted by atomic mass is 9.87. The Morgan fingerprint density at radius 1 is 1.27 bits per heavy atom. The Kier molecular flexibility index (Phi) is 3.91. The molecule has 84 valence electrons. The molecule has 1 aromatic rings. The maximum absolute atomic E-state index is 6.35. The summed E-state index contributed by atoms with van der Waals surface area (Å²) in [6.07, 6.45) is 0. The molecule has 0 bridgehead atoms. The average molecular weight is 247 g/mol. The maximum Gasteiger partial charge on any atom is 0.137 e. The molecule has 0 N–H and O–H groups in total. The van der Waals surface area contributed by atoms with Gasteiger partial charge in [0, 0.05) is 0 Å². The van der Waals surface area contributed by atoms with Crippen LogP contribution in [-0.4, -0.2) is 7.11 Å². The van der Waals surface area contributed by atoms with Crippen LogP contribution >= 0.6 is 23.2 Å². The van der Waals surface area contributed by atoms with E-state index < -0.39 is 0 Å². The third-order valence-corrected chi connectivity index (χ3v) is 3.43. The molecule has 1 nitrogen and oxygen atoms in total. The fourth-order valence-corrected chi connectivity index (χ4v) is 1.74. The number of methoxy groups -OCH3 is 1. The lowest BCUT2D eigenvalue weighted by Gasteiger charge is -2.25. The molecule has 1 atom stereocenters. The van der Waals surface area contributed by atoms with Crippen molar-refractivity contribution in [3.05, 3.63) is 28.8 Å². The lowest BCUT2D eigenvalue weighted by molar-refractivity contribution is 0.394. The molecule has 0 aliphatic carbocycles. The topological polar surface area (TPSA) is 9.23 Å². The van der Waals surface area contributed by atoms with E-state index in [0.29, 0.717) is 10.8 Å². The Hall–Kier alpha value is -0.400. The summed E-state index contributed by atoms with van der Waals surface area (Å²) in [7, 11) is 1.60. The summed E-state index contributed by atoms with van der Waals surface area (Å²) in [5, 5.41) is 0.547. The predicted molar refractivity (Wildman–Crippen MR) is 66.1 cm³/mol. The Morgan fingerprint density at radius 2 is 1.87 bits per heavy atom. The first-order chi connectivity index (χ1) is 6.86. The third-order valence-electron chi connectivity index (χ3n) is 2.23. The molecule has 0 saturated carbocycles. The highest BCUT2D eigenvalue weighted by atomic mass is 35.5. The highest BCUT2D eigenvalue weighted by molar-refractivity contribution is 6.32. The van der Waals surface area contributed by atoms with E-state index in [1.54, 1.807) is 7.11 Å². The van der Waals surface area contributed by atoms with Gasteiger partial charge in [0.2, 0.25) is 0 Å². The maximum atomic E-state index is 6.35. The number of alkyl halides is 1. The lowest BCUT2D eigenvalue weighted by Crippen LogP contribution is -2.13. The van der Waals surface area contributed by atoms with Gasteiger partial charge in [-0.2, -0.15) is 0 Å². The zero-order chi connectivity index (χ0) is 11.6. The standard InChI is InChI=1S/C12H16Cl2O/c1-12(2,3)11(14)8-5-6-10(15-4)9(13)7-8/h5-7,11H,1-4H3. The van der Waals surface area contributed by atoms with Crippen molar-refractivity contribution in [2.24, 2.45) is 5.41 Å². The third kappa shape index (κ3) is 3.02. The van der Waals surface area contributed by atoms with E-state index in [-0.39, 0.29) is 10.8 Å².